The number of rotatable bonds is 12. The second-order valence-corrected chi connectivity index (χ2v) is 18.0. The normalized spacial score (nSPS) is 25.8. The van der Waals surface area contributed by atoms with Crippen LogP contribution in [0.25, 0.3) is 22.3 Å². The molecule has 0 radical (unpaired) electrons. The van der Waals surface area contributed by atoms with E-state index in [1.807, 2.05) is 53.1 Å². The minimum Gasteiger partial charge on any atom is -0.490 e. The number of fused-ring (bicyclic) bond motifs is 2. The maximum atomic E-state index is 14.3. The first kappa shape index (κ1) is 39.3. The number of nitrogens with zero attached hydrogens (tertiary/aromatic N) is 4. The van der Waals surface area contributed by atoms with Gasteiger partial charge in [-0.1, -0.05) is 32.4 Å². The Labute approximate surface area is 330 Å². The van der Waals surface area contributed by atoms with Crippen LogP contribution in [0.4, 0.5) is 9.93 Å². The number of likely N-dealkylation sites (tertiary alicyclic amines) is 1. The molecule has 4 heterocycles. The van der Waals surface area contributed by atoms with Crippen LogP contribution in [0, 0.1) is 17.3 Å². The third kappa shape index (κ3) is 8.90. The highest BCUT2D eigenvalue weighted by atomic mass is 35.5. The number of primary amides is 1. The van der Waals surface area contributed by atoms with Gasteiger partial charge in [0.1, 0.15) is 53.1 Å². The van der Waals surface area contributed by atoms with Crippen LogP contribution in [-0.4, -0.2) is 114 Å². The molecular formula is C39H52ClN7O7S. The molecule has 16 heteroatoms. The predicted octanol–water partition coefficient (Wildman–Crippen LogP) is 5.31. The van der Waals surface area contributed by atoms with Gasteiger partial charge in [0.05, 0.1) is 37.0 Å². The van der Waals surface area contributed by atoms with Gasteiger partial charge in [0, 0.05) is 35.8 Å². The average molecular weight is 798 g/mol. The van der Waals surface area contributed by atoms with Gasteiger partial charge in [0.15, 0.2) is 5.13 Å². The molecule has 14 nitrogen and oxygen atoms in total. The third-order valence-electron chi connectivity index (χ3n) is 11.0. The zero-order valence-electron chi connectivity index (χ0n) is 32.3. The van der Waals surface area contributed by atoms with Crippen LogP contribution in [0.3, 0.4) is 0 Å². The number of likely N-dealkylation sites (N-methyl/N-ethyl adjacent to an activating group) is 1. The van der Waals surface area contributed by atoms with E-state index < -0.39 is 41.5 Å². The fraction of sp³-hybridized carbons (Fsp3) is 0.615. The number of benzene rings is 1. The largest absolute Gasteiger partial charge is 0.490 e. The van der Waals surface area contributed by atoms with E-state index in [1.54, 1.807) is 12.1 Å². The van der Waals surface area contributed by atoms with E-state index >= 15 is 0 Å². The molecule has 3 amide bonds. The highest BCUT2D eigenvalue weighted by Gasteiger charge is 2.48. The SMILES string of the molecule is CC(C)Nc1nc(-c2cc(OC3C[C@@H](C(N)=O)N(C(=O)[C@@H](NC(=O)O[C@@H]4C[C@@H]5C[C@@H]5C4)C(C)(C)C)C3)c3ccc(OC[C@@H]4COCCN4C)c(Cl)c3n2)cs1. The number of carbonyl (C=O) groups is 3. The van der Waals surface area contributed by atoms with Gasteiger partial charge < -0.3 is 40.2 Å². The topological polar surface area (TPSA) is 170 Å². The Morgan fingerprint density at radius 1 is 1.07 bits per heavy atom. The molecule has 2 saturated carbocycles. The monoisotopic (exact) mass is 797 g/mol. The quantitative estimate of drug-likeness (QED) is 0.217. The number of morpholine rings is 1. The summed E-state index contributed by atoms with van der Waals surface area (Å²) < 4.78 is 24.3. The van der Waals surface area contributed by atoms with E-state index in [2.05, 4.69) is 15.5 Å². The summed E-state index contributed by atoms with van der Waals surface area (Å²) in [5.74, 6) is 1.11. The molecule has 2 aliphatic carbocycles. The molecule has 4 fully saturated rings. The predicted molar refractivity (Wildman–Crippen MR) is 211 cm³/mol. The van der Waals surface area contributed by atoms with Crippen LogP contribution in [0.15, 0.2) is 23.6 Å². The van der Waals surface area contributed by atoms with Crippen molar-refractivity contribution in [3.05, 3.63) is 28.6 Å². The van der Waals surface area contributed by atoms with Crippen molar-refractivity contribution in [3.63, 3.8) is 0 Å². The number of nitrogens with one attached hydrogen (secondary N) is 2. The molecule has 2 aromatic heterocycles. The first-order chi connectivity index (χ1) is 26.1. The Morgan fingerprint density at radius 3 is 2.53 bits per heavy atom. The van der Waals surface area contributed by atoms with E-state index in [-0.39, 0.29) is 31.2 Å². The standard InChI is InChI=1S/C39H52ClN7O7S/c1-20(2)42-37-44-28(19-55-37)27-15-31(26-7-8-30(32(40)33(26)43-27)52-18-23-17-51-10-9-46(23)6)53-25-14-29(35(41)48)47(16-25)36(49)34(39(3,4)5)45-38(50)54-24-12-21-11-22(21)13-24/h7-8,15,19-25,29,34H,9-14,16-18H2,1-6H3,(H2,41,48)(H,42,44)(H,45,50)/t21-,22+,23-,24+,25?,29-,34+/m0/s1. The summed E-state index contributed by atoms with van der Waals surface area (Å²) in [5, 5.41) is 9.75. The van der Waals surface area contributed by atoms with E-state index in [1.165, 1.54) is 22.7 Å². The summed E-state index contributed by atoms with van der Waals surface area (Å²) in [6.07, 6.45) is 1.67. The number of carbonyl (C=O) groups excluding carboxylic acids is 3. The molecule has 55 heavy (non-hydrogen) atoms. The fourth-order valence-electron chi connectivity index (χ4n) is 7.80. The van der Waals surface area contributed by atoms with Gasteiger partial charge in [-0.25, -0.2) is 14.8 Å². The van der Waals surface area contributed by atoms with Crippen molar-refractivity contribution < 1.29 is 33.3 Å². The second-order valence-electron chi connectivity index (χ2n) is 16.7. The Kier molecular flexibility index (Phi) is 11.4. The Morgan fingerprint density at radius 2 is 1.84 bits per heavy atom. The number of nitrogens with two attached hydrogens (primary N) is 1. The summed E-state index contributed by atoms with van der Waals surface area (Å²) in [4.78, 5) is 53.6. The van der Waals surface area contributed by atoms with Crippen LogP contribution in [0.5, 0.6) is 11.5 Å². The van der Waals surface area contributed by atoms with Crippen LogP contribution in [0.1, 0.15) is 60.3 Å². The lowest BCUT2D eigenvalue weighted by molar-refractivity contribution is -0.141. The molecule has 3 aromatic rings. The van der Waals surface area contributed by atoms with Crippen molar-refractivity contribution in [2.75, 3.05) is 45.3 Å². The summed E-state index contributed by atoms with van der Waals surface area (Å²) >= 11 is 8.51. The van der Waals surface area contributed by atoms with Crippen LogP contribution < -0.4 is 25.8 Å². The van der Waals surface area contributed by atoms with Gasteiger partial charge in [-0.15, -0.1) is 11.3 Å². The van der Waals surface area contributed by atoms with Gasteiger partial charge in [-0.2, -0.15) is 0 Å². The van der Waals surface area contributed by atoms with Gasteiger partial charge in [0.25, 0.3) is 0 Å². The molecule has 1 aromatic carbocycles. The van der Waals surface area contributed by atoms with Crippen molar-refractivity contribution in [1.29, 1.82) is 0 Å². The maximum absolute atomic E-state index is 14.3. The lowest BCUT2D eigenvalue weighted by Gasteiger charge is -2.35. The molecule has 0 bridgehead atoms. The molecule has 0 spiro atoms. The lowest BCUT2D eigenvalue weighted by Crippen LogP contribution is -2.57. The highest BCUT2D eigenvalue weighted by Crippen LogP contribution is 2.52. The number of alkyl carbamates (subject to hydrolysis) is 1. The number of ether oxygens (including phenoxy) is 4. The zero-order chi connectivity index (χ0) is 39.2. The molecule has 2 saturated heterocycles. The number of hydrogen-bond acceptors (Lipinski definition) is 12. The molecule has 7 rings (SSSR count). The van der Waals surface area contributed by atoms with Gasteiger partial charge in [0.2, 0.25) is 11.8 Å². The number of halogens is 1. The van der Waals surface area contributed by atoms with Gasteiger partial charge in [-0.3, -0.25) is 14.5 Å². The summed E-state index contributed by atoms with van der Waals surface area (Å²) in [7, 11) is 2.04. The van der Waals surface area contributed by atoms with Crippen LogP contribution in [0.2, 0.25) is 5.02 Å². The first-order valence-electron chi connectivity index (χ1n) is 19.1. The zero-order valence-corrected chi connectivity index (χ0v) is 33.9. The molecule has 2 aliphatic heterocycles. The van der Waals surface area contributed by atoms with E-state index in [0.29, 0.717) is 70.5 Å². The Hall–Kier alpha value is -3.92. The highest BCUT2D eigenvalue weighted by molar-refractivity contribution is 7.14. The number of amides is 3. The summed E-state index contributed by atoms with van der Waals surface area (Å²) in [6, 6.07) is 3.77. The summed E-state index contributed by atoms with van der Waals surface area (Å²) in [6.45, 7) is 12.2. The van der Waals surface area contributed by atoms with E-state index in [0.717, 1.165) is 24.5 Å². The smallest absolute Gasteiger partial charge is 0.408 e. The van der Waals surface area contributed by atoms with Gasteiger partial charge >= 0.3 is 6.09 Å². The molecule has 1 unspecified atom stereocenters. The minimum absolute atomic E-state index is 0.0615. The van der Waals surface area contributed by atoms with Crippen LogP contribution in [-0.2, 0) is 19.1 Å². The minimum atomic E-state index is -0.972. The average Bonchev–Trinajstić information content (AvgIpc) is 3.44. The lowest BCUT2D eigenvalue weighted by atomic mass is 9.85. The first-order valence-corrected chi connectivity index (χ1v) is 20.4. The number of thiazole rings is 1. The third-order valence-corrected chi connectivity index (χ3v) is 12.1. The molecule has 4 aliphatic rings. The molecule has 4 N–H and O–H groups in total. The van der Waals surface area contributed by atoms with Crippen molar-refractivity contribution in [2.45, 2.75) is 96.7 Å². The number of hydrogen-bond donors (Lipinski definition) is 3. The van der Waals surface area contributed by atoms with E-state index in [9.17, 15) is 14.4 Å². The van der Waals surface area contributed by atoms with Crippen molar-refractivity contribution in [2.24, 2.45) is 23.0 Å². The molecule has 7 atom stereocenters. The van der Waals surface area contributed by atoms with E-state index in [4.69, 9.17) is 46.3 Å². The van der Waals surface area contributed by atoms with Crippen molar-refractivity contribution in [1.82, 2.24) is 25.1 Å². The summed E-state index contributed by atoms with van der Waals surface area (Å²) in [5.41, 5.74) is 6.82. The van der Waals surface area contributed by atoms with Gasteiger partial charge in [-0.05, 0) is 69.5 Å². The maximum Gasteiger partial charge on any atom is 0.408 e. The molecular weight excluding hydrogens is 746 g/mol. The molecule has 298 valence electrons. The fourth-order valence-corrected chi connectivity index (χ4v) is 8.91. The number of aromatic nitrogens is 2. The second kappa shape index (κ2) is 15.9. The van der Waals surface area contributed by atoms with Crippen molar-refractivity contribution in [3.8, 4) is 22.9 Å². The number of pyridine rings is 1. The van der Waals surface area contributed by atoms with Crippen molar-refractivity contribution >= 4 is 56.9 Å². The number of anilines is 1. The van der Waals surface area contributed by atoms with Crippen LogP contribution >= 0.6 is 22.9 Å². The Bertz CT molecular complexity index is 1910. The Balaban J connectivity index is 1.15.